The second-order valence-corrected chi connectivity index (χ2v) is 3.15. The summed E-state index contributed by atoms with van der Waals surface area (Å²) in [6.45, 7) is 0. The van der Waals surface area contributed by atoms with Crippen LogP contribution in [0.2, 0.25) is 0 Å². The van der Waals surface area contributed by atoms with Crippen molar-refractivity contribution in [2.75, 3.05) is 5.73 Å². The number of anilines is 1. The molecule has 0 spiro atoms. The Balaban J connectivity index is 2.96. The van der Waals surface area contributed by atoms with Gasteiger partial charge in [-0.1, -0.05) is 15.9 Å². The summed E-state index contributed by atoms with van der Waals surface area (Å²) in [6.07, 6.45) is 1.75. The molecule has 0 radical (unpaired) electrons. The first kappa shape index (κ1) is 6.67. The summed E-state index contributed by atoms with van der Waals surface area (Å²) in [6, 6.07) is 3.75. The summed E-state index contributed by atoms with van der Waals surface area (Å²) in [4.78, 5) is 0. The Bertz CT molecular complexity index is 357. The maximum Gasteiger partial charge on any atom is 0.0890 e. The number of nitrogens with one attached hydrogen (secondary N) is 1. The van der Waals surface area contributed by atoms with E-state index >= 15 is 0 Å². The lowest BCUT2D eigenvalue weighted by atomic mass is 10.2. The molecule has 0 atom stereocenters. The second-order valence-electron chi connectivity index (χ2n) is 2.30. The first-order valence-corrected chi connectivity index (χ1v) is 3.95. The molecule has 0 aliphatic carbocycles. The summed E-state index contributed by atoms with van der Waals surface area (Å²) in [7, 11) is 0. The van der Waals surface area contributed by atoms with Crippen molar-refractivity contribution in [2.45, 2.75) is 0 Å². The largest absolute Gasteiger partial charge is 0.397 e. The monoisotopic (exact) mass is 211 g/mol. The molecule has 0 unspecified atom stereocenters. The molecule has 3 nitrogen and oxygen atoms in total. The zero-order valence-corrected chi connectivity index (χ0v) is 7.22. The van der Waals surface area contributed by atoms with E-state index in [-0.39, 0.29) is 0 Å². The van der Waals surface area contributed by atoms with E-state index in [0.29, 0.717) is 0 Å². The maximum absolute atomic E-state index is 5.68. The maximum atomic E-state index is 5.68. The molecule has 2 rings (SSSR count). The van der Waals surface area contributed by atoms with Gasteiger partial charge >= 0.3 is 0 Å². The fourth-order valence-electron chi connectivity index (χ4n) is 1.02. The van der Waals surface area contributed by atoms with Crippen LogP contribution in [0.15, 0.2) is 22.8 Å². The van der Waals surface area contributed by atoms with Crippen molar-refractivity contribution in [1.82, 2.24) is 10.2 Å². The average molecular weight is 212 g/mol. The number of hydrogen-bond donors (Lipinski definition) is 2. The smallest absolute Gasteiger partial charge is 0.0890 e. The van der Waals surface area contributed by atoms with Crippen LogP contribution in [0.1, 0.15) is 0 Å². The second kappa shape index (κ2) is 2.23. The van der Waals surface area contributed by atoms with Crippen molar-refractivity contribution >= 4 is 32.5 Å². The highest BCUT2D eigenvalue weighted by atomic mass is 79.9. The Morgan fingerprint density at radius 3 is 3.00 bits per heavy atom. The minimum absolute atomic E-state index is 0.723. The van der Waals surface area contributed by atoms with E-state index in [2.05, 4.69) is 26.1 Å². The predicted octanol–water partition coefficient (Wildman–Crippen LogP) is 1.91. The third-order valence-electron chi connectivity index (χ3n) is 1.59. The predicted molar refractivity (Wildman–Crippen MR) is 48.2 cm³/mol. The molecule has 0 amide bonds. The van der Waals surface area contributed by atoms with Gasteiger partial charge in [-0.05, 0) is 12.1 Å². The molecule has 4 heteroatoms. The van der Waals surface area contributed by atoms with Gasteiger partial charge in [0.15, 0.2) is 0 Å². The van der Waals surface area contributed by atoms with E-state index in [1.165, 1.54) is 0 Å². The fourth-order valence-corrected chi connectivity index (χ4v) is 1.46. The normalized spacial score (nSPS) is 10.6. The van der Waals surface area contributed by atoms with Crippen LogP contribution in [-0.4, -0.2) is 10.2 Å². The van der Waals surface area contributed by atoms with Crippen LogP contribution in [0.3, 0.4) is 0 Å². The number of nitrogens with zero attached hydrogens (tertiary/aromatic N) is 1. The lowest BCUT2D eigenvalue weighted by Crippen LogP contribution is -1.85. The minimum atomic E-state index is 0.723. The first-order valence-electron chi connectivity index (χ1n) is 3.16. The highest BCUT2D eigenvalue weighted by molar-refractivity contribution is 9.10. The van der Waals surface area contributed by atoms with Crippen molar-refractivity contribution in [3.05, 3.63) is 22.8 Å². The van der Waals surface area contributed by atoms with E-state index in [0.717, 1.165) is 21.1 Å². The Morgan fingerprint density at radius 1 is 1.45 bits per heavy atom. The molecule has 56 valence electrons. The molecular formula is C7H6BrN3. The first-order chi connectivity index (χ1) is 5.29. The van der Waals surface area contributed by atoms with Crippen molar-refractivity contribution in [3.63, 3.8) is 0 Å². The summed E-state index contributed by atoms with van der Waals surface area (Å²) in [5.74, 6) is 0. The summed E-state index contributed by atoms with van der Waals surface area (Å²) < 4.78 is 1.01. The molecule has 0 saturated carbocycles. The van der Waals surface area contributed by atoms with Gasteiger partial charge in [-0.15, -0.1) is 0 Å². The van der Waals surface area contributed by atoms with Gasteiger partial charge in [0.1, 0.15) is 0 Å². The molecule has 2 aromatic rings. The highest BCUT2D eigenvalue weighted by Crippen LogP contribution is 2.25. The molecule has 3 N–H and O–H groups in total. The van der Waals surface area contributed by atoms with Crippen LogP contribution in [-0.2, 0) is 0 Å². The molecule has 0 fully saturated rings. The minimum Gasteiger partial charge on any atom is -0.397 e. The topological polar surface area (TPSA) is 54.7 Å². The number of rotatable bonds is 0. The standard InChI is InChI=1S/C7H6BrN3/c8-5-1-2-6(9)7-4(5)3-10-11-7/h1-3H,9H2,(H,10,11). The van der Waals surface area contributed by atoms with E-state index in [1.807, 2.05) is 12.1 Å². The number of aromatic nitrogens is 2. The Hall–Kier alpha value is -1.03. The third kappa shape index (κ3) is 0.903. The van der Waals surface area contributed by atoms with Gasteiger partial charge in [0.2, 0.25) is 0 Å². The van der Waals surface area contributed by atoms with E-state index in [9.17, 15) is 0 Å². The van der Waals surface area contributed by atoms with Crippen molar-refractivity contribution in [2.24, 2.45) is 0 Å². The molecule has 0 bridgehead atoms. The lowest BCUT2D eigenvalue weighted by Gasteiger charge is -1.95. The zero-order valence-electron chi connectivity index (χ0n) is 5.63. The van der Waals surface area contributed by atoms with Gasteiger partial charge in [0.05, 0.1) is 17.4 Å². The fraction of sp³-hybridized carbons (Fsp3) is 0. The van der Waals surface area contributed by atoms with Gasteiger partial charge in [0, 0.05) is 9.86 Å². The SMILES string of the molecule is Nc1ccc(Br)c2cn[nH]c12. The lowest BCUT2D eigenvalue weighted by molar-refractivity contribution is 1.12. The molecule has 1 aromatic carbocycles. The molecular weight excluding hydrogens is 206 g/mol. The van der Waals surface area contributed by atoms with Gasteiger partial charge in [-0.2, -0.15) is 5.10 Å². The van der Waals surface area contributed by atoms with E-state index < -0.39 is 0 Å². The number of fused-ring (bicyclic) bond motifs is 1. The average Bonchev–Trinajstić information content (AvgIpc) is 2.45. The number of aromatic amines is 1. The molecule has 1 aromatic heterocycles. The Labute approximate surface area is 71.7 Å². The molecule has 0 saturated heterocycles. The Morgan fingerprint density at radius 2 is 2.27 bits per heavy atom. The molecule has 0 aliphatic heterocycles. The van der Waals surface area contributed by atoms with Crippen LogP contribution >= 0.6 is 15.9 Å². The Kier molecular flexibility index (Phi) is 1.35. The van der Waals surface area contributed by atoms with Gasteiger partial charge in [-0.25, -0.2) is 0 Å². The van der Waals surface area contributed by atoms with Crippen molar-refractivity contribution < 1.29 is 0 Å². The molecule has 0 aliphatic rings. The van der Waals surface area contributed by atoms with Crippen LogP contribution in [0, 0.1) is 0 Å². The van der Waals surface area contributed by atoms with Crippen LogP contribution < -0.4 is 5.73 Å². The number of benzene rings is 1. The third-order valence-corrected chi connectivity index (χ3v) is 2.29. The number of hydrogen-bond acceptors (Lipinski definition) is 2. The number of H-pyrrole nitrogens is 1. The highest BCUT2D eigenvalue weighted by Gasteiger charge is 2.02. The van der Waals surface area contributed by atoms with Gasteiger partial charge in [-0.3, -0.25) is 5.10 Å². The van der Waals surface area contributed by atoms with Gasteiger partial charge < -0.3 is 5.73 Å². The van der Waals surface area contributed by atoms with Crippen LogP contribution in [0.5, 0.6) is 0 Å². The summed E-state index contributed by atoms with van der Waals surface area (Å²) in [5.41, 5.74) is 7.29. The number of nitrogens with two attached hydrogens (primary N) is 1. The van der Waals surface area contributed by atoms with Crippen molar-refractivity contribution in [3.8, 4) is 0 Å². The van der Waals surface area contributed by atoms with Gasteiger partial charge in [0.25, 0.3) is 0 Å². The number of nitrogen functional groups attached to an aromatic ring is 1. The number of halogens is 1. The van der Waals surface area contributed by atoms with E-state index in [4.69, 9.17) is 5.73 Å². The van der Waals surface area contributed by atoms with Crippen molar-refractivity contribution in [1.29, 1.82) is 0 Å². The van der Waals surface area contributed by atoms with Crippen LogP contribution in [0.4, 0.5) is 5.69 Å². The zero-order chi connectivity index (χ0) is 7.84. The molecule has 1 heterocycles. The summed E-state index contributed by atoms with van der Waals surface area (Å²) in [5, 5.41) is 7.73. The van der Waals surface area contributed by atoms with Crippen LogP contribution in [0.25, 0.3) is 10.9 Å². The quantitative estimate of drug-likeness (QED) is 0.655. The van der Waals surface area contributed by atoms with E-state index in [1.54, 1.807) is 6.20 Å². The summed E-state index contributed by atoms with van der Waals surface area (Å²) >= 11 is 3.39. The molecule has 11 heavy (non-hydrogen) atoms.